The highest BCUT2D eigenvalue weighted by molar-refractivity contribution is 7.99. The van der Waals surface area contributed by atoms with Crippen molar-refractivity contribution in [3.05, 3.63) is 35.7 Å². The van der Waals surface area contributed by atoms with Crippen molar-refractivity contribution in [3.8, 4) is 12.3 Å². The molecule has 0 radical (unpaired) electrons. The number of benzene rings is 1. The molecule has 0 aliphatic heterocycles. The van der Waals surface area contributed by atoms with Crippen molar-refractivity contribution in [2.24, 2.45) is 0 Å². The number of H-pyrrole nitrogens is 1. The van der Waals surface area contributed by atoms with E-state index >= 15 is 0 Å². The van der Waals surface area contributed by atoms with Gasteiger partial charge >= 0.3 is 0 Å². The number of aromatic amines is 1. The highest BCUT2D eigenvalue weighted by Gasteiger charge is 2.19. The van der Waals surface area contributed by atoms with Gasteiger partial charge in [-0.2, -0.15) is 0 Å². The van der Waals surface area contributed by atoms with Crippen LogP contribution in [0.25, 0.3) is 11.2 Å². The number of aryl methyl sites for hydroxylation is 3. The summed E-state index contributed by atoms with van der Waals surface area (Å²) < 4.78 is 1.99. The van der Waals surface area contributed by atoms with Gasteiger partial charge in [0.1, 0.15) is 0 Å². The molecule has 0 unspecified atom stereocenters. The minimum absolute atomic E-state index is 0.457. The SMILES string of the molecule is C#CCCC[n+]1cnc(N)c2[nH]c(Sc3ccc(C)cc3C)nc21. The predicted molar refractivity (Wildman–Crippen MR) is 96.6 cm³/mol. The lowest BCUT2D eigenvalue weighted by molar-refractivity contribution is -0.676. The average molecular weight is 338 g/mol. The fourth-order valence-corrected chi connectivity index (χ4v) is 3.41. The molecule has 0 aliphatic carbocycles. The van der Waals surface area contributed by atoms with Crippen LogP contribution in [0, 0.1) is 26.2 Å². The first kappa shape index (κ1) is 16.3. The van der Waals surface area contributed by atoms with Gasteiger partial charge in [-0.3, -0.25) is 0 Å². The Morgan fingerprint density at radius 2 is 2.21 bits per heavy atom. The van der Waals surface area contributed by atoms with Crippen molar-refractivity contribution in [2.45, 2.75) is 43.3 Å². The largest absolute Gasteiger partial charge is 0.368 e. The molecule has 0 saturated carbocycles. The standard InChI is InChI=1S/C18H19N5S/c1-4-5-6-9-23-11-20-16(19)15-17(23)22-18(21-15)24-14-8-7-12(2)10-13(14)3/h1,7-8,10-11H,5-6,9H2,2-3H3,(H2,19,21,22)/p+1. The van der Waals surface area contributed by atoms with Gasteiger partial charge in [0.25, 0.3) is 5.65 Å². The topological polar surface area (TPSA) is 71.5 Å². The molecular weight excluding hydrogens is 318 g/mol. The van der Waals surface area contributed by atoms with Crippen LogP contribution in [-0.4, -0.2) is 15.0 Å². The molecule has 0 saturated heterocycles. The number of nitrogens with two attached hydrogens (primary N) is 1. The second-order valence-electron chi connectivity index (χ2n) is 5.74. The molecule has 0 fully saturated rings. The lowest BCUT2D eigenvalue weighted by atomic mass is 10.2. The summed E-state index contributed by atoms with van der Waals surface area (Å²) in [6, 6.07) is 6.39. The molecule has 3 aromatic rings. The fourth-order valence-electron chi connectivity index (χ4n) is 2.56. The van der Waals surface area contributed by atoms with Crippen molar-refractivity contribution in [1.29, 1.82) is 0 Å². The van der Waals surface area contributed by atoms with Gasteiger partial charge in [-0.25, -0.2) is 4.57 Å². The number of terminal acetylenes is 1. The minimum Gasteiger partial charge on any atom is -0.368 e. The van der Waals surface area contributed by atoms with Crippen LogP contribution in [0.2, 0.25) is 0 Å². The van der Waals surface area contributed by atoms with Crippen molar-refractivity contribution >= 4 is 28.7 Å². The molecule has 2 heterocycles. The quantitative estimate of drug-likeness (QED) is 0.426. The Morgan fingerprint density at radius 1 is 1.38 bits per heavy atom. The maximum absolute atomic E-state index is 6.00. The summed E-state index contributed by atoms with van der Waals surface area (Å²) in [5.74, 6) is 3.11. The number of nitrogen functional groups attached to an aromatic ring is 1. The molecule has 0 amide bonds. The van der Waals surface area contributed by atoms with Crippen LogP contribution < -0.4 is 10.3 Å². The number of anilines is 1. The first-order chi connectivity index (χ1) is 11.6. The van der Waals surface area contributed by atoms with Gasteiger partial charge in [0, 0.05) is 11.3 Å². The number of nitrogens with zero attached hydrogens (tertiary/aromatic N) is 3. The van der Waals surface area contributed by atoms with Crippen LogP contribution in [0.5, 0.6) is 0 Å². The molecule has 3 rings (SSSR count). The zero-order chi connectivity index (χ0) is 17.1. The Morgan fingerprint density at radius 3 is 2.96 bits per heavy atom. The van der Waals surface area contributed by atoms with E-state index in [2.05, 4.69) is 47.9 Å². The van der Waals surface area contributed by atoms with Crippen molar-refractivity contribution in [3.63, 3.8) is 0 Å². The summed E-state index contributed by atoms with van der Waals surface area (Å²) in [5, 5.41) is 0.808. The van der Waals surface area contributed by atoms with Crippen LogP contribution in [0.3, 0.4) is 0 Å². The number of imidazole rings is 1. The molecule has 0 spiro atoms. The summed E-state index contributed by atoms with van der Waals surface area (Å²) in [7, 11) is 0. The summed E-state index contributed by atoms with van der Waals surface area (Å²) in [4.78, 5) is 13.4. The molecule has 0 aliphatic rings. The maximum atomic E-state index is 6.00. The van der Waals surface area contributed by atoms with E-state index in [0.29, 0.717) is 5.82 Å². The zero-order valence-corrected chi connectivity index (χ0v) is 14.7. The van der Waals surface area contributed by atoms with E-state index in [-0.39, 0.29) is 0 Å². The highest BCUT2D eigenvalue weighted by Crippen LogP contribution is 2.30. The first-order valence-corrected chi connectivity index (χ1v) is 8.62. The number of nitrogens with one attached hydrogen (secondary N) is 1. The van der Waals surface area contributed by atoms with Gasteiger partial charge in [-0.15, -0.1) is 12.3 Å². The lowest BCUT2D eigenvalue weighted by Gasteiger charge is -2.02. The van der Waals surface area contributed by atoms with Crippen LogP contribution >= 0.6 is 11.8 Å². The zero-order valence-electron chi connectivity index (χ0n) is 13.8. The normalized spacial score (nSPS) is 10.9. The van der Waals surface area contributed by atoms with Crippen molar-refractivity contribution in [1.82, 2.24) is 15.0 Å². The van der Waals surface area contributed by atoms with Gasteiger partial charge in [-0.05, 0) is 43.7 Å². The van der Waals surface area contributed by atoms with Crippen LogP contribution in [0.1, 0.15) is 24.0 Å². The molecular formula is C18H20N5S+. The lowest BCUT2D eigenvalue weighted by Crippen LogP contribution is -2.35. The molecule has 6 heteroatoms. The van der Waals surface area contributed by atoms with Crippen molar-refractivity contribution in [2.75, 3.05) is 5.73 Å². The Balaban J connectivity index is 1.93. The van der Waals surface area contributed by atoms with E-state index in [1.54, 1.807) is 18.1 Å². The average Bonchev–Trinajstić information content (AvgIpc) is 2.97. The van der Waals surface area contributed by atoms with Crippen LogP contribution in [0.4, 0.5) is 5.82 Å². The third kappa shape index (κ3) is 3.36. The van der Waals surface area contributed by atoms with E-state index in [4.69, 9.17) is 17.1 Å². The Hall–Kier alpha value is -2.52. The van der Waals surface area contributed by atoms with Crippen LogP contribution in [0.15, 0.2) is 34.6 Å². The number of unbranched alkanes of at least 4 members (excludes halogenated alkanes) is 1. The molecule has 0 bridgehead atoms. The Labute approximate surface area is 145 Å². The molecule has 5 nitrogen and oxygen atoms in total. The second kappa shape index (κ2) is 6.93. The number of hydrogen-bond acceptors (Lipinski definition) is 4. The fraction of sp³-hybridized carbons (Fsp3) is 0.278. The monoisotopic (exact) mass is 338 g/mol. The minimum atomic E-state index is 0.457. The van der Waals surface area contributed by atoms with Gasteiger partial charge in [0.05, 0.1) is 6.54 Å². The Kier molecular flexibility index (Phi) is 4.72. The summed E-state index contributed by atoms with van der Waals surface area (Å²) in [5.41, 5.74) is 10.1. The highest BCUT2D eigenvalue weighted by atomic mass is 32.2. The molecule has 3 N–H and O–H groups in total. The van der Waals surface area contributed by atoms with E-state index in [1.165, 1.54) is 16.0 Å². The molecule has 2 aromatic heterocycles. The molecule has 0 atom stereocenters. The van der Waals surface area contributed by atoms with E-state index in [1.807, 2.05) is 4.57 Å². The number of fused-ring (bicyclic) bond motifs is 1. The van der Waals surface area contributed by atoms with Gasteiger partial charge in [0.15, 0.2) is 5.52 Å². The predicted octanol–water partition coefficient (Wildman–Crippen LogP) is 3.01. The van der Waals surface area contributed by atoms with Crippen molar-refractivity contribution < 1.29 is 4.57 Å². The summed E-state index contributed by atoms with van der Waals surface area (Å²) in [6.07, 6.45) is 8.66. The van der Waals surface area contributed by atoms with E-state index in [0.717, 1.165) is 35.7 Å². The van der Waals surface area contributed by atoms with Gasteiger partial charge < -0.3 is 10.7 Å². The van der Waals surface area contributed by atoms with E-state index < -0.39 is 0 Å². The molecule has 24 heavy (non-hydrogen) atoms. The first-order valence-electron chi connectivity index (χ1n) is 7.80. The third-order valence-corrected chi connectivity index (χ3v) is 4.85. The number of aromatic nitrogens is 4. The van der Waals surface area contributed by atoms with Crippen LogP contribution in [-0.2, 0) is 6.54 Å². The van der Waals surface area contributed by atoms with E-state index in [9.17, 15) is 0 Å². The maximum Gasteiger partial charge on any atom is 0.294 e. The third-order valence-electron chi connectivity index (χ3n) is 3.78. The number of hydrogen-bond donors (Lipinski definition) is 2. The second-order valence-corrected chi connectivity index (χ2v) is 6.77. The number of rotatable bonds is 5. The summed E-state index contributed by atoms with van der Waals surface area (Å²) in [6.45, 7) is 4.97. The molecule has 1 aromatic carbocycles. The van der Waals surface area contributed by atoms with Gasteiger partial charge in [0.2, 0.25) is 17.3 Å². The Bertz CT molecular complexity index is 923. The van der Waals surface area contributed by atoms with Gasteiger partial charge in [-0.1, -0.05) is 27.7 Å². The summed E-state index contributed by atoms with van der Waals surface area (Å²) >= 11 is 1.60. The smallest absolute Gasteiger partial charge is 0.294 e. The molecule has 122 valence electrons.